The highest BCUT2D eigenvalue weighted by atomic mass is 16.3. The fraction of sp³-hybridized carbons (Fsp3) is 0.0426. The topological polar surface area (TPSA) is 51.8 Å². The van der Waals surface area contributed by atoms with Crippen LogP contribution >= 0.6 is 0 Å². The van der Waals surface area contributed by atoms with Crippen LogP contribution in [-0.2, 0) is 0 Å². The Morgan fingerprint density at radius 2 is 1.10 bits per heavy atom. The molecule has 51 heavy (non-hydrogen) atoms. The number of hydrogen-bond acceptors (Lipinski definition) is 4. The van der Waals surface area contributed by atoms with Gasteiger partial charge in [0, 0.05) is 33.4 Å². The summed E-state index contributed by atoms with van der Waals surface area (Å²) in [4.78, 5) is 15.6. The molecule has 0 radical (unpaired) electrons. The second-order valence-electron chi connectivity index (χ2n) is 13.2. The molecule has 1 unspecified atom stereocenters. The first-order valence-electron chi connectivity index (χ1n) is 17.4. The van der Waals surface area contributed by atoms with Gasteiger partial charge in [0.2, 0.25) is 0 Å². The predicted octanol–water partition coefficient (Wildman–Crippen LogP) is 12.3. The standard InChI is InChI=1S/C47H31N3O/c1-4-12-30(13-5-1)35-24-22-32-20-21-33-23-25-36(27-40(33)39(32)26-35)46-48-45(34-16-8-3-9-17-34)49-47(50-46)41-28-37(31-14-6-2-7-15-31)29-43-44(41)38-18-10-11-19-42(38)51-43/h1-14,16-29,31H,15H2. The van der Waals surface area contributed by atoms with Crippen LogP contribution in [0, 0.1) is 0 Å². The fourth-order valence-corrected chi connectivity index (χ4v) is 7.43. The lowest BCUT2D eigenvalue weighted by molar-refractivity contribution is 0.667. The molecule has 2 heterocycles. The van der Waals surface area contributed by atoms with Gasteiger partial charge < -0.3 is 4.42 Å². The lowest BCUT2D eigenvalue weighted by atomic mass is 9.90. The van der Waals surface area contributed by atoms with Gasteiger partial charge in [-0.15, -0.1) is 0 Å². The zero-order valence-corrected chi connectivity index (χ0v) is 27.7. The number of nitrogens with zero attached hydrogens (tertiary/aromatic N) is 3. The number of para-hydroxylation sites is 1. The van der Waals surface area contributed by atoms with E-state index in [1.54, 1.807) is 0 Å². The van der Waals surface area contributed by atoms with E-state index < -0.39 is 0 Å². The average Bonchev–Trinajstić information content (AvgIpc) is 3.59. The van der Waals surface area contributed by atoms with E-state index in [2.05, 4.69) is 140 Å². The average molecular weight is 654 g/mol. The van der Waals surface area contributed by atoms with Crippen LogP contribution in [-0.4, -0.2) is 15.0 Å². The Bertz CT molecular complexity index is 2830. The third kappa shape index (κ3) is 5.20. The number of furan rings is 1. The van der Waals surface area contributed by atoms with Gasteiger partial charge in [-0.05, 0) is 75.0 Å². The molecule has 2 aromatic heterocycles. The van der Waals surface area contributed by atoms with E-state index in [-0.39, 0.29) is 5.92 Å². The van der Waals surface area contributed by atoms with Crippen molar-refractivity contribution in [2.45, 2.75) is 12.3 Å². The van der Waals surface area contributed by atoms with Gasteiger partial charge in [0.1, 0.15) is 11.2 Å². The zero-order valence-electron chi connectivity index (χ0n) is 27.7. The van der Waals surface area contributed by atoms with Crippen molar-refractivity contribution < 1.29 is 4.42 Å². The van der Waals surface area contributed by atoms with Gasteiger partial charge >= 0.3 is 0 Å². The summed E-state index contributed by atoms with van der Waals surface area (Å²) in [5.41, 5.74) is 8.05. The first kappa shape index (κ1) is 29.3. The SMILES string of the molecule is C1=CCC(c2cc(-c3nc(-c4ccccc4)nc(-c4ccc5ccc6ccc(-c7ccccc7)cc6c5c4)n3)c3c(c2)oc2ccccc23)C=C1. The van der Waals surface area contributed by atoms with Crippen LogP contribution in [0.4, 0.5) is 0 Å². The first-order chi connectivity index (χ1) is 25.2. The van der Waals surface area contributed by atoms with Crippen molar-refractivity contribution in [2.24, 2.45) is 0 Å². The molecule has 0 amide bonds. The van der Waals surface area contributed by atoms with Gasteiger partial charge in [0.05, 0.1) is 0 Å². The van der Waals surface area contributed by atoms with Gasteiger partial charge in [-0.3, -0.25) is 0 Å². The maximum Gasteiger partial charge on any atom is 0.164 e. The molecule has 10 rings (SSSR count). The van der Waals surface area contributed by atoms with E-state index in [0.717, 1.165) is 50.4 Å². The van der Waals surface area contributed by atoms with Crippen LogP contribution in [0.3, 0.4) is 0 Å². The number of hydrogen-bond donors (Lipinski definition) is 0. The summed E-state index contributed by atoms with van der Waals surface area (Å²) in [5, 5.41) is 6.78. The molecule has 4 heteroatoms. The maximum absolute atomic E-state index is 6.49. The molecular weight excluding hydrogens is 623 g/mol. The zero-order chi connectivity index (χ0) is 33.7. The van der Waals surface area contributed by atoms with Crippen LogP contribution in [0.1, 0.15) is 17.9 Å². The van der Waals surface area contributed by atoms with Gasteiger partial charge in [-0.1, -0.05) is 140 Å². The number of allylic oxidation sites excluding steroid dienone is 4. The quantitative estimate of drug-likeness (QED) is 0.173. The summed E-state index contributed by atoms with van der Waals surface area (Å²) in [6.07, 6.45) is 9.63. The summed E-state index contributed by atoms with van der Waals surface area (Å²) in [6, 6.07) is 51.0. The molecule has 0 spiro atoms. The van der Waals surface area contributed by atoms with E-state index in [4.69, 9.17) is 19.4 Å². The lowest BCUT2D eigenvalue weighted by Crippen LogP contribution is -2.02. The summed E-state index contributed by atoms with van der Waals surface area (Å²) in [5.74, 6) is 2.11. The molecule has 0 saturated heterocycles. The highest BCUT2D eigenvalue weighted by molar-refractivity contribution is 6.12. The van der Waals surface area contributed by atoms with Crippen molar-refractivity contribution in [3.05, 3.63) is 175 Å². The van der Waals surface area contributed by atoms with E-state index in [0.29, 0.717) is 17.5 Å². The Balaban J connectivity index is 1.21. The van der Waals surface area contributed by atoms with Crippen LogP contribution in [0.2, 0.25) is 0 Å². The summed E-state index contributed by atoms with van der Waals surface area (Å²) in [7, 11) is 0. The molecule has 4 nitrogen and oxygen atoms in total. The molecular formula is C47H31N3O. The Morgan fingerprint density at radius 1 is 0.471 bits per heavy atom. The Morgan fingerprint density at radius 3 is 1.84 bits per heavy atom. The third-order valence-corrected chi connectivity index (χ3v) is 10.0. The second kappa shape index (κ2) is 12.0. The van der Waals surface area contributed by atoms with Gasteiger partial charge in [-0.25, -0.2) is 15.0 Å². The minimum absolute atomic E-state index is 0.232. The van der Waals surface area contributed by atoms with Crippen LogP contribution in [0.5, 0.6) is 0 Å². The van der Waals surface area contributed by atoms with Gasteiger partial charge in [-0.2, -0.15) is 0 Å². The van der Waals surface area contributed by atoms with E-state index in [9.17, 15) is 0 Å². The Hall–Kier alpha value is -6.65. The molecule has 0 bridgehead atoms. The molecule has 240 valence electrons. The minimum atomic E-state index is 0.232. The monoisotopic (exact) mass is 653 g/mol. The largest absolute Gasteiger partial charge is 0.456 e. The lowest BCUT2D eigenvalue weighted by Gasteiger charge is -2.16. The molecule has 1 aliphatic carbocycles. The van der Waals surface area contributed by atoms with Crippen LogP contribution < -0.4 is 0 Å². The number of fused-ring (bicyclic) bond motifs is 6. The summed E-state index contributed by atoms with van der Waals surface area (Å²) >= 11 is 0. The first-order valence-corrected chi connectivity index (χ1v) is 17.4. The van der Waals surface area contributed by atoms with Crippen molar-refractivity contribution in [3.63, 3.8) is 0 Å². The molecule has 0 N–H and O–H groups in total. The van der Waals surface area contributed by atoms with E-state index >= 15 is 0 Å². The third-order valence-electron chi connectivity index (χ3n) is 10.0. The van der Waals surface area contributed by atoms with Gasteiger partial charge in [0.25, 0.3) is 0 Å². The smallest absolute Gasteiger partial charge is 0.164 e. The minimum Gasteiger partial charge on any atom is -0.456 e. The van der Waals surface area contributed by atoms with Crippen molar-refractivity contribution in [3.8, 4) is 45.3 Å². The molecule has 0 fully saturated rings. The molecule has 0 aliphatic heterocycles. The molecule has 9 aromatic rings. The highest BCUT2D eigenvalue weighted by Gasteiger charge is 2.21. The van der Waals surface area contributed by atoms with E-state index in [1.165, 1.54) is 32.8 Å². The Kier molecular flexibility index (Phi) is 6.91. The Labute approximate surface area is 295 Å². The molecule has 1 aliphatic rings. The van der Waals surface area contributed by atoms with Gasteiger partial charge in [0.15, 0.2) is 17.5 Å². The number of rotatable bonds is 5. The number of benzene rings is 7. The highest BCUT2D eigenvalue weighted by Crippen LogP contribution is 2.40. The second-order valence-corrected chi connectivity index (χ2v) is 13.2. The predicted molar refractivity (Wildman–Crippen MR) is 209 cm³/mol. The fourth-order valence-electron chi connectivity index (χ4n) is 7.43. The molecule has 1 atom stereocenters. The normalized spacial score (nSPS) is 14.2. The van der Waals surface area contributed by atoms with Crippen molar-refractivity contribution in [1.29, 1.82) is 0 Å². The van der Waals surface area contributed by atoms with Crippen molar-refractivity contribution >= 4 is 43.5 Å². The summed E-state index contributed by atoms with van der Waals surface area (Å²) in [6.45, 7) is 0. The van der Waals surface area contributed by atoms with Crippen molar-refractivity contribution in [1.82, 2.24) is 15.0 Å². The molecule has 7 aromatic carbocycles. The van der Waals surface area contributed by atoms with Crippen molar-refractivity contribution in [2.75, 3.05) is 0 Å². The van der Waals surface area contributed by atoms with Crippen LogP contribution in [0.15, 0.2) is 174 Å². The summed E-state index contributed by atoms with van der Waals surface area (Å²) < 4.78 is 6.49. The number of aromatic nitrogens is 3. The van der Waals surface area contributed by atoms with E-state index in [1.807, 2.05) is 30.3 Å². The maximum atomic E-state index is 6.49. The molecule has 0 saturated carbocycles. The van der Waals surface area contributed by atoms with Crippen LogP contribution in [0.25, 0.3) is 88.8 Å².